The van der Waals surface area contributed by atoms with Gasteiger partial charge in [-0.3, -0.25) is 15.0 Å². The van der Waals surface area contributed by atoms with Crippen molar-refractivity contribution < 1.29 is 19.1 Å². The van der Waals surface area contributed by atoms with E-state index in [0.29, 0.717) is 13.0 Å². The molecule has 0 atom stereocenters. The van der Waals surface area contributed by atoms with Crippen LogP contribution in [-0.2, 0) is 14.3 Å². The second-order valence-corrected chi connectivity index (χ2v) is 4.19. The fraction of sp³-hybridized carbons (Fsp3) is 0.700. The molecular formula is C10H19N3O4. The van der Waals surface area contributed by atoms with Gasteiger partial charge in [-0.2, -0.15) is 0 Å². The van der Waals surface area contributed by atoms with E-state index < -0.39 is 17.6 Å². The van der Waals surface area contributed by atoms with Gasteiger partial charge in [0.2, 0.25) is 11.8 Å². The highest BCUT2D eigenvalue weighted by atomic mass is 16.6. The molecular weight excluding hydrogens is 226 g/mol. The van der Waals surface area contributed by atoms with E-state index in [1.165, 1.54) is 13.8 Å². The molecule has 0 aromatic carbocycles. The summed E-state index contributed by atoms with van der Waals surface area (Å²) in [6, 6.07) is 0. The molecule has 0 radical (unpaired) electrons. The van der Waals surface area contributed by atoms with Crippen molar-refractivity contribution in [1.29, 1.82) is 0 Å². The Hall–Kier alpha value is -1.79. The molecule has 0 unspecified atom stereocenters. The summed E-state index contributed by atoms with van der Waals surface area (Å²) in [4.78, 5) is 32.4. The summed E-state index contributed by atoms with van der Waals surface area (Å²) in [7, 11) is 0. The van der Waals surface area contributed by atoms with Crippen molar-refractivity contribution in [2.75, 3.05) is 6.54 Å². The van der Waals surface area contributed by atoms with Crippen molar-refractivity contribution in [3.8, 4) is 0 Å². The van der Waals surface area contributed by atoms with Crippen LogP contribution in [0.5, 0.6) is 0 Å². The van der Waals surface area contributed by atoms with Gasteiger partial charge < -0.3 is 10.1 Å². The molecule has 7 nitrogen and oxygen atoms in total. The van der Waals surface area contributed by atoms with Gasteiger partial charge in [0.25, 0.3) is 0 Å². The summed E-state index contributed by atoms with van der Waals surface area (Å²) in [5.41, 5.74) is 3.47. The van der Waals surface area contributed by atoms with Crippen LogP contribution in [-0.4, -0.2) is 30.1 Å². The van der Waals surface area contributed by atoms with Crippen LogP contribution in [0.4, 0.5) is 4.79 Å². The van der Waals surface area contributed by atoms with Crippen LogP contribution in [0.15, 0.2) is 0 Å². The van der Waals surface area contributed by atoms with Crippen molar-refractivity contribution in [2.24, 2.45) is 0 Å². The van der Waals surface area contributed by atoms with E-state index in [-0.39, 0.29) is 5.91 Å². The molecule has 0 aromatic rings. The van der Waals surface area contributed by atoms with Crippen LogP contribution >= 0.6 is 0 Å². The minimum atomic E-state index is -0.743. The molecule has 0 aromatic heterocycles. The Morgan fingerprint density at radius 2 is 1.65 bits per heavy atom. The molecule has 0 saturated heterocycles. The third-order valence-electron chi connectivity index (χ3n) is 1.81. The topological polar surface area (TPSA) is 96.5 Å². The molecule has 0 spiro atoms. The highest BCUT2D eigenvalue weighted by Crippen LogP contribution is 2.13. The lowest BCUT2D eigenvalue weighted by Crippen LogP contribution is -2.44. The number of rotatable bonds is 4. The second kappa shape index (κ2) is 6.72. The Kier molecular flexibility index (Phi) is 6.01. The fourth-order valence-electron chi connectivity index (χ4n) is 1.01. The van der Waals surface area contributed by atoms with Gasteiger partial charge >= 0.3 is 6.09 Å². The molecule has 3 amide bonds. The van der Waals surface area contributed by atoms with Gasteiger partial charge in [0.05, 0.1) is 0 Å². The Balaban J connectivity index is 3.93. The monoisotopic (exact) mass is 245 g/mol. The third-order valence-corrected chi connectivity index (χ3v) is 1.81. The predicted molar refractivity (Wildman–Crippen MR) is 60.8 cm³/mol. The van der Waals surface area contributed by atoms with Crippen molar-refractivity contribution in [3.63, 3.8) is 0 Å². The Morgan fingerprint density at radius 1 is 1.06 bits per heavy atom. The molecule has 17 heavy (non-hydrogen) atoms. The summed E-state index contributed by atoms with van der Waals surface area (Å²) in [5, 5.41) is 2.60. The molecule has 0 heterocycles. The van der Waals surface area contributed by atoms with Crippen molar-refractivity contribution in [1.82, 2.24) is 16.2 Å². The number of carbonyl (C=O) groups excluding carboxylic acids is 3. The van der Waals surface area contributed by atoms with E-state index in [2.05, 4.69) is 16.2 Å². The molecule has 0 rings (SSSR count). The maximum absolute atomic E-state index is 11.2. The normalized spacial score (nSPS) is 10.4. The van der Waals surface area contributed by atoms with Crippen LogP contribution < -0.4 is 16.2 Å². The minimum absolute atomic E-state index is 0.136. The smallest absolute Gasteiger partial charge is 0.426 e. The van der Waals surface area contributed by atoms with Crippen LogP contribution in [0.3, 0.4) is 0 Å². The fourth-order valence-corrected chi connectivity index (χ4v) is 1.01. The van der Waals surface area contributed by atoms with E-state index in [9.17, 15) is 14.4 Å². The molecule has 3 N–H and O–H groups in total. The number of hydrogen-bond acceptors (Lipinski definition) is 4. The maximum atomic E-state index is 11.2. The van der Waals surface area contributed by atoms with Crippen LogP contribution in [0.25, 0.3) is 0 Å². The number of amides is 3. The molecule has 7 heteroatoms. The van der Waals surface area contributed by atoms with Crippen molar-refractivity contribution in [3.05, 3.63) is 0 Å². The van der Waals surface area contributed by atoms with Gasteiger partial charge in [0, 0.05) is 26.8 Å². The number of hydrazine groups is 1. The third kappa shape index (κ3) is 9.16. The molecule has 0 aliphatic rings. The summed E-state index contributed by atoms with van der Waals surface area (Å²) in [6.07, 6.45) is -0.270. The quantitative estimate of drug-likeness (QED) is 0.610. The predicted octanol–water partition coefficient (Wildman–Crippen LogP) is 0.0685. The lowest BCUT2D eigenvalue weighted by Gasteiger charge is -2.25. The highest BCUT2D eigenvalue weighted by Gasteiger charge is 2.22. The lowest BCUT2D eigenvalue weighted by molar-refractivity contribution is -0.120. The summed E-state index contributed by atoms with van der Waals surface area (Å²) in [5.74, 6) is -0.526. The molecule has 98 valence electrons. The van der Waals surface area contributed by atoms with Crippen LogP contribution in [0, 0.1) is 0 Å². The first-order valence-electron chi connectivity index (χ1n) is 5.23. The van der Waals surface area contributed by atoms with Gasteiger partial charge in [-0.05, 0) is 13.8 Å². The highest BCUT2D eigenvalue weighted by molar-refractivity contribution is 5.77. The zero-order chi connectivity index (χ0) is 13.5. The summed E-state index contributed by atoms with van der Waals surface area (Å²) >= 11 is 0. The van der Waals surface area contributed by atoms with E-state index in [1.807, 2.05) is 0 Å². The second-order valence-electron chi connectivity index (χ2n) is 4.19. The van der Waals surface area contributed by atoms with Crippen molar-refractivity contribution >= 4 is 17.9 Å². The number of nitrogens with one attached hydrogen (secondary N) is 3. The van der Waals surface area contributed by atoms with Gasteiger partial charge in [-0.1, -0.05) is 0 Å². The molecule has 0 aliphatic carbocycles. The molecule has 0 saturated carbocycles. The average Bonchev–Trinajstić information content (AvgIpc) is 2.12. The number of hydrogen-bond donors (Lipinski definition) is 3. The Bertz CT molecular complexity index is 302. The Morgan fingerprint density at radius 3 is 2.12 bits per heavy atom. The summed E-state index contributed by atoms with van der Waals surface area (Å²) < 4.78 is 5.05. The lowest BCUT2D eigenvalue weighted by atomic mass is 10.1. The van der Waals surface area contributed by atoms with Gasteiger partial charge in [-0.15, -0.1) is 0 Å². The van der Waals surface area contributed by atoms with E-state index in [0.717, 1.165) is 0 Å². The zero-order valence-corrected chi connectivity index (χ0v) is 10.5. The first-order chi connectivity index (χ1) is 7.73. The standard InChI is InChI=1S/C10H19N3O4/c1-7(14)11-6-5-10(3,4)17-9(16)13-12-8(2)15/h5-6H2,1-4H3,(H,11,14)(H,12,15)(H,13,16). The van der Waals surface area contributed by atoms with E-state index in [1.54, 1.807) is 13.8 Å². The average molecular weight is 245 g/mol. The van der Waals surface area contributed by atoms with Gasteiger partial charge in [0.15, 0.2) is 0 Å². The minimum Gasteiger partial charge on any atom is -0.442 e. The van der Waals surface area contributed by atoms with Gasteiger partial charge in [0.1, 0.15) is 5.60 Å². The first kappa shape index (κ1) is 15.2. The largest absolute Gasteiger partial charge is 0.442 e. The zero-order valence-electron chi connectivity index (χ0n) is 10.5. The molecule has 0 aliphatic heterocycles. The maximum Gasteiger partial charge on any atom is 0.426 e. The van der Waals surface area contributed by atoms with Crippen LogP contribution in [0.1, 0.15) is 34.1 Å². The van der Waals surface area contributed by atoms with Crippen molar-refractivity contribution in [2.45, 2.75) is 39.7 Å². The SMILES string of the molecule is CC(=O)NCCC(C)(C)OC(=O)NNC(C)=O. The number of ether oxygens (including phenoxy) is 1. The van der Waals surface area contributed by atoms with Gasteiger partial charge in [-0.25, -0.2) is 10.2 Å². The van der Waals surface area contributed by atoms with Crippen LogP contribution in [0.2, 0.25) is 0 Å². The Labute approximate surface area is 100 Å². The van der Waals surface area contributed by atoms with E-state index >= 15 is 0 Å². The molecule has 0 fully saturated rings. The van der Waals surface area contributed by atoms with E-state index in [4.69, 9.17) is 4.74 Å². The molecule has 0 bridgehead atoms. The summed E-state index contributed by atoms with van der Waals surface area (Å²) in [6.45, 7) is 6.51. The number of carbonyl (C=O) groups is 3. The first-order valence-corrected chi connectivity index (χ1v) is 5.23.